The fraction of sp³-hybridized carbons (Fsp3) is 0.579. The number of amides is 1. The molecule has 1 atom stereocenters. The number of likely N-dealkylation sites (tertiary alicyclic amines) is 1. The van der Waals surface area contributed by atoms with Gasteiger partial charge in [-0.05, 0) is 50.7 Å². The van der Waals surface area contributed by atoms with E-state index in [0.717, 1.165) is 44.2 Å². The summed E-state index contributed by atoms with van der Waals surface area (Å²) in [6.07, 6.45) is 8.93. The normalized spacial score (nSPS) is 24.1. The molecule has 1 unspecified atom stereocenters. The number of hydrogen-bond donors (Lipinski definition) is 1. The Hall–Kier alpha value is -1.88. The van der Waals surface area contributed by atoms with E-state index in [0.29, 0.717) is 19.1 Å². The van der Waals surface area contributed by atoms with Crippen LogP contribution < -0.4 is 5.32 Å². The molecule has 2 aliphatic rings. The molecule has 0 radical (unpaired) electrons. The van der Waals surface area contributed by atoms with Gasteiger partial charge in [-0.1, -0.05) is 11.2 Å². The zero-order chi connectivity index (χ0) is 18.2. The number of halogens is 2. The predicted octanol–water partition coefficient (Wildman–Crippen LogP) is 2.69. The van der Waals surface area contributed by atoms with Crippen molar-refractivity contribution in [1.29, 1.82) is 5.26 Å². The first-order chi connectivity index (χ1) is 12.8. The van der Waals surface area contributed by atoms with E-state index in [9.17, 15) is 4.79 Å². The molecule has 154 valence electrons. The number of aromatic nitrogens is 1. The topological polar surface area (TPSA) is 90.6 Å². The van der Waals surface area contributed by atoms with Crippen molar-refractivity contribution in [3.63, 3.8) is 0 Å². The second-order valence-corrected chi connectivity index (χ2v) is 6.82. The molecule has 1 saturated carbocycles. The van der Waals surface area contributed by atoms with Gasteiger partial charge in [0.1, 0.15) is 12.1 Å². The van der Waals surface area contributed by atoms with Gasteiger partial charge < -0.3 is 15.1 Å². The Labute approximate surface area is 178 Å². The molecule has 0 aromatic carbocycles. The van der Waals surface area contributed by atoms with Gasteiger partial charge >= 0.3 is 0 Å². The standard InChI is InChI=1S/C19H25N5O2.2ClH/c20-12-17-5-3-11-24(17)19(25)14-22-15-6-8-18(9-7-15)26-23-13-16-4-1-2-10-21-16;;/h1-2,4,10,13,15,17-18,22H,3,5-9,11,14H2;2*1H/b23-13+;;. The van der Waals surface area contributed by atoms with Crippen molar-refractivity contribution in [2.24, 2.45) is 5.16 Å². The molecule has 7 nitrogen and oxygen atoms in total. The predicted molar refractivity (Wildman–Crippen MR) is 112 cm³/mol. The minimum atomic E-state index is -0.245. The summed E-state index contributed by atoms with van der Waals surface area (Å²) in [4.78, 5) is 23.7. The van der Waals surface area contributed by atoms with E-state index in [1.165, 1.54) is 0 Å². The third-order valence-corrected chi connectivity index (χ3v) is 5.02. The minimum Gasteiger partial charge on any atom is -0.392 e. The molecule has 1 aromatic heterocycles. The monoisotopic (exact) mass is 427 g/mol. The highest BCUT2D eigenvalue weighted by Crippen LogP contribution is 2.22. The number of nitrogens with zero attached hydrogens (tertiary/aromatic N) is 4. The van der Waals surface area contributed by atoms with Crippen LogP contribution in [0.4, 0.5) is 0 Å². The number of carbonyl (C=O) groups is 1. The summed E-state index contributed by atoms with van der Waals surface area (Å²) in [6.45, 7) is 1.01. The van der Waals surface area contributed by atoms with E-state index in [4.69, 9.17) is 10.1 Å². The Balaban J connectivity index is 0.00000196. The highest BCUT2D eigenvalue weighted by molar-refractivity contribution is 5.85. The van der Waals surface area contributed by atoms with Gasteiger partial charge in [0.05, 0.1) is 24.5 Å². The summed E-state index contributed by atoms with van der Waals surface area (Å²) in [5.74, 6) is 0.0346. The SMILES string of the molecule is Cl.Cl.N#CC1CCCN1C(=O)CNC1CCC(O/N=C/c2ccccn2)CC1. The molecular weight excluding hydrogens is 401 g/mol. The Morgan fingerprint density at radius 3 is 2.79 bits per heavy atom. The Kier molecular flexibility index (Phi) is 10.8. The molecule has 9 heteroatoms. The summed E-state index contributed by atoms with van der Waals surface area (Å²) in [7, 11) is 0. The lowest BCUT2D eigenvalue weighted by molar-refractivity contribution is -0.130. The number of carbonyl (C=O) groups excluding carboxylic acids is 1. The Morgan fingerprint density at radius 2 is 2.11 bits per heavy atom. The van der Waals surface area contributed by atoms with Crippen molar-refractivity contribution in [2.45, 2.75) is 56.7 Å². The molecule has 3 rings (SSSR count). The molecule has 1 aromatic rings. The maximum atomic E-state index is 12.3. The van der Waals surface area contributed by atoms with Crippen LogP contribution in [0.5, 0.6) is 0 Å². The van der Waals surface area contributed by atoms with E-state index in [1.807, 2.05) is 18.2 Å². The summed E-state index contributed by atoms with van der Waals surface area (Å²) in [5, 5.41) is 16.5. The molecule has 0 bridgehead atoms. The average molecular weight is 428 g/mol. The highest BCUT2D eigenvalue weighted by Gasteiger charge is 2.29. The van der Waals surface area contributed by atoms with Crippen molar-refractivity contribution in [3.05, 3.63) is 30.1 Å². The molecule has 2 fully saturated rings. The number of pyridine rings is 1. The van der Waals surface area contributed by atoms with E-state index < -0.39 is 0 Å². The van der Waals surface area contributed by atoms with Crippen LogP contribution in [0.25, 0.3) is 0 Å². The molecule has 1 aliphatic carbocycles. The molecule has 2 heterocycles. The van der Waals surface area contributed by atoms with E-state index in [1.54, 1.807) is 17.3 Å². The molecule has 0 spiro atoms. The lowest BCUT2D eigenvalue weighted by Gasteiger charge is -2.28. The van der Waals surface area contributed by atoms with Gasteiger partial charge in [-0.25, -0.2) is 0 Å². The van der Waals surface area contributed by atoms with Crippen molar-refractivity contribution >= 4 is 36.9 Å². The van der Waals surface area contributed by atoms with Crippen molar-refractivity contribution in [1.82, 2.24) is 15.2 Å². The lowest BCUT2D eigenvalue weighted by atomic mass is 9.93. The van der Waals surface area contributed by atoms with Gasteiger partial charge in [-0.3, -0.25) is 9.78 Å². The molecular formula is C19H27Cl2N5O2. The third-order valence-electron chi connectivity index (χ3n) is 5.02. The van der Waals surface area contributed by atoms with E-state index >= 15 is 0 Å². The summed E-state index contributed by atoms with van der Waals surface area (Å²) >= 11 is 0. The van der Waals surface area contributed by atoms with Gasteiger partial charge in [-0.15, -0.1) is 24.8 Å². The van der Waals surface area contributed by atoms with Crippen molar-refractivity contribution in [3.8, 4) is 6.07 Å². The van der Waals surface area contributed by atoms with Crippen LogP contribution in [0.2, 0.25) is 0 Å². The maximum absolute atomic E-state index is 12.3. The second-order valence-electron chi connectivity index (χ2n) is 6.82. The first-order valence-corrected chi connectivity index (χ1v) is 9.29. The minimum absolute atomic E-state index is 0. The van der Waals surface area contributed by atoms with Crippen LogP contribution in [-0.4, -0.2) is 53.3 Å². The number of hydrogen-bond acceptors (Lipinski definition) is 6. The van der Waals surface area contributed by atoms with Gasteiger partial charge in [-0.2, -0.15) is 5.26 Å². The third kappa shape index (κ3) is 6.93. The maximum Gasteiger partial charge on any atom is 0.237 e. The summed E-state index contributed by atoms with van der Waals surface area (Å²) in [6, 6.07) is 7.94. The van der Waals surface area contributed by atoms with Gasteiger partial charge in [0.2, 0.25) is 5.91 Å². The fourth-order valence-corrected chi connectivity index (χ4v) is 3.53. The highest BCUT2D eigenvalue weighted by atomic mass is 35.5. The number of nitriles is 1. The molecule has 28 heavy (non-hydrogen) atoms. The van der Waals surface area contributed by atoms with Crippen LogP contribution >= 0.6 is 24.8 Å². The van der Waals surface area contributed by atoms with Crippen molar-refractivity contribution in [2.75, 3.05) is 13.1 Å². The second kappa shape index (κ2) is 12.6. The van der Waals surface area contributed by atoms with E-state index in [-0.39, 0.29) is 42.9 Å². The largest absolute Gasteiger partial charge is 0.392 e. The Bertz CT molecular complexity index is 660. The lowest BCUT2D eigenvalue weighted by Crippen LogP contribution is -2.44. The fourth-order valence-electron chi connectivity index (χ4n) is 3.53. The quantitative estimate of drug-likeness (QED) is 0.556. The van der Waals surface area contributed by atoms with Crippen LogP contribution in [0.1, 0.15) is 44.2 Å². The Morgan fingerprint density at radius 1 is 1.32 bits per heavy atom. The first kappa shape index (κ1) is 24.2. The summed E-state index contributed by atoms with van der Waals surface area (Å²) < 4.78 is 0. The number of rotatable bonds is 6. The van der Waals surface area contributed by atoms with Gasteiger partial charge in [0, 0.05) is 18.8 Å². The van der Waals surface area contributed by atoms with Gasteiger partial charge in [0.15, 0.2) is 0 Å². The van der Waals surface area contributed by atoms with Crippen LogP contribution in [0, 0.1) is 11.3 Å². The van der Waals surface area contributed by atoms with E-state index in [2.05, 4.69) is 21.5 Å². The summed E-state index contributed by atoms with van der Waals surface area (Å²) in [5.41, 5.74) is 0.777. The smallest absolute Gasteiger partial charge is 0.237 e. The first-order valence-electron chi connectivity index (χ1n) is 9.29. The van der Waals surface area contributed by atoms with Gasteiger partial charge in [0.25, 0.3) is 0 Å². The van der Waals surface area contributed by atoms with Crippen LogP contribution in [0.15, 0.2) is 29.6 Å². The zero-order valence-electron chi connectivity index (χ0n) is 15.7. The van der Waals surface area contributed by atoms with Crippen LogP contribution in [-0.2, 0) is 9.63 Å². The van der Waals surface area contributed by atoms with Crippen LogP contribution in [0.3, 0.4) is 0 Å². The molecule has 1 saturated heterocycles. The van der Waals surface area contributed by atoms with Crippen molar-refractivity contribution < 1.29 is 9.63 Å². The molecule has 1 amide bonds. The zero-order valence-corrected chi connectivity index (χ0v) is 17.3. The average Bonchev–Trinajstić information content (AvgIpc) is 3.17. The number of nitrogens with one attached hydrogen (secondary N) is 1. The molecule has 1 N–H and O–H groups in total. The molecule has 1 aliphatic heterocycles. The number of oxime groups is 1.